The molecule has 5 heteroatoms. The van der Waals surface area contributed by atoms with Gasteiger partial charge in [0.2, 0.25) is 0 Å². The van der Waals surface area contributed by atoms with Gasteiger partial charge in [-0.25, -0.2) is 0 Å². The van der Waals surface area contributed by atoms with Gasteiger partial charge in [0.1, 0.15) is 0 Å². The van der Waals surface area contributed by atoms with Crippen molar-refractivity contribution in [3.05, 3.63) is 33.2 Å². The average molecular weight is 307 g/mol. The maximum atomic E-state index is 12.8. The van der Waals surface area contributed by atoms with E-state index in [2.05, 4.69) is 30.3 Å². The lowest BCUT2D eigenvalue weighted by Crippen LogP contribution is -2.36. The molecular formula is C17H29N3O2. The molecule has 2 heterocycles. The lowest BCUT2D eigenvalue weighted by molar-refractivity contribution is 0.199. The van der Waals surface area contributed by atoms with Crippen LogP contribution in [0.4, 0.5) is 0 Å². The van der Waals surface area contributed by atoms with E-state index in [0.29, 0.717) is 13.2 Å². The summed E-state index contributed by atoms with van der Waals surface area (Å²) in [6.07, 6.45) is 3.14. The molecule has 0 aromatic carbocycles. The van der Waals surface area contributed by atoms with Gasteiger partial charge in [0, 0.05) is 57.5 Å². The zero-order chi connectivity index (χ0) is 15.9. The summed E-state index contributed by atoms with van der Waals surface area (Å²) in [6.45, 7) is 7.02. The molecule has 1 N–H and O–H groups in total. The van der Waals surface area contributed by atoms with Crippen molar-refractivity contribution in [3.63, 3.8) is 0 Å². The summed E-state index contributed by atoms with van der Waals surface area (Å²) in [5, 5.41) is 3.29. The number of ether oxygens (including phenoxy) is 1. The fourth-order valence-corrected chi connectivity index (χ4v) is 3.00. The van der Waals surface area contributed by atoms with Gasteiger partial charge >= 0.3 is 0 Å². The Bertz CT molecular complexity index is 539. The summed E-state index contributed by atoms with van der Waals surface area (Å²) in [5.41, 5.74) is 3.62. The molecule has 0 amide bonds. The van der Waals surface area contributed by atoms with Crippen LogP contribution in [0.3, 0.4) is 0 Å². The molecule has 2 rings (SSSR count). The number of fused-ring (bicyclic) bond motifs is 1. The molecule has 1 aliphatic rings. The standard InChI is InChI=1S/C17H29N3O2/c1-4-5-8-20-16-6-9-19(2)13-15(16)11-14(17(20)21)12-18-7-10-22-3/h11,18H,4-10,12-13H2,1-3H3. The summed E-state index contributed by atoms with van der Waals surface area (Å²) < 4.78 is 7.07. The molecular weight excluding hydrogens is 278 g/mol. The van der Waals surface area contributed by atoms with Crippen LogP contribution in [0.5, 0.6) is 0 Å². The summed E-state index contributed by atoms with van der Waals surface area (Å²) in [5.74, 6) is 0. The third kappa shape index (κ3) is 4.18. The van der Waals surface area contributed by atoms with E-state index in [1.54, 1.807) is 7.11 Å². The first-order valence-corrected chi connectivity index (χ1v) is 8.30. The number of aromatic nitrogens is 1. The maximum absolute atomic E-state index is 12.8. The molecule has 1 aromatic heterocycles. The number of nitrogens with zero attached hydrogens (tertiary/aromatic N) is 2. The van der Waals surface area contributed by atoms with E-state index < -0.39 is 0 Å². The molecule has 0 radical (unpaired) electrons. The van der Waals surface area contributed by atoms with Crippen molar-refractivity contribution in [2.24, 2.45) is 0 Å². The predicted molar refractivity (Wildman–Crippen MR) is 89.2 cm³/mol. The molecule has 0 saturated carbocycles. The Kier molecular flexibility index (Phi) is 6.61. The normalized spacial score (nSPS) is 15.0. The number of hydrogen-bond donors (Lipinski definition) is 1. The Hall–Kier alpha value is -1.17. The number of pyridine rings is 1. The first-order chi connectivity index (χ1) is 10.7. The molecule has 0 atom stereocenters. The minimum absolute atomic E-state index is 0.182. The van der Waals surface area contributed by atoms with Gasteiger partial charge in [0.15, 0.2) is 0 Å². The van der Waals surface area contributed by atoms with Gasteiger partial charge in [0.25, 0.3) is 5.56 Å². The molecule has 0 fully saturated rings. The fraction of sp³-hybridized carbons (Fsp3) is 0.706. The molecule has 5 nitrogen and oxygen atoms in total. The van der Waals surface area contributed by atoms with Crippen LogP contribution in [0.2, 0.25) is 0 Å². The van der Waals surface area contributed by atoms with Gasteiger partial charge < -0.3 is 19.5 Å². The SMILES string of the molecule is CCCCn1c2c(cc(CNCCOC)c1=O)CN(C)CC2. The number of methoxy groups -OCH3 is 1. The van der Waals surface area contributed by atoms with E-state index in [9.17, 15) is 4.79 Å². The van der Waals surface area contributed by atoms with Crippen LogP contribution in [-0.2, 0) is 30.8 Å². The van der Waals surface area contributed by atoms with Crippen LogP contribution in [0, 0.1) is 0 Å². The van der Waals surface area contributed by atoms with Gasteiger partial charge in [-0.1, -0.05) is 13.3 Å². The number of likely N-dealkylation sites (N-methyl/N-ethyl adjacent to an activating group) is 1. The average Bonchev–Trinajstić information content (AvgIpc) is 2.51. The maximum Gasteiger partial charge on any atom is 0.255 e. The van der Waals surface area contributed by atoms with Crippen molar-refractivity contribution in [3.8, 4) is 0 Å². The molecule has 0 aliphatic carbocycles. The van der Waals surface area contributed by atoms with E-state index >= 15 is 0 Å². The highest BCUT2D eigenvalue weighted by Crippen LogP contribution is 2.18. The van der Waals surface area contributed by atoms with Crippen molar-refractivity contribution in [2.75, 3.05) is 33.9 Å². The number of rotatable bonds is 8. The fourth-order valence-electron chi connectivity index (χ4n) is 3.00. The topological polar surface area (TPSA) is 46.5 Å². The first kappa shape index (κ1) is 17.2. The van der Waals surface area contributed by atoms with E-state index in [1.807, 2.05) is 4.57 Å². The van der Waals surface area contributed by atoms with Crippen LogP contribution < -0.4 is 10.9 Å². The second-order valence-electron chi connectivity index (χ2n) is 6.11. The van der Waals surface area contributed by atoms with Crippen LogP contribution in [-0.4, -0.2) is 43.3 Å². The number of unbranched alkanes of at least 4 members (excludes halogenated alkanes) is 1. The Morgan fingerprint density at radius 3 is 2.95 bits per heavy atom. The summed E-state index contributed by atoms with van der Waals surface area (Å²) in [6, 6.07) is 2.11. The lowest BCUT2D eigenvalue weighted by Gasteiger charge is -2.28. The van der Waals surface area contributed by atoms with Crippen LogP contribution in [0.15, 0.2) is 10.9 Å². The van der Waals surface area contributed by atoms with E-state index in [-0.39, 0.29) is 5.56 Å². The number of nitrogens with one attached hydrogen (secondary N) is 1. The van der Waals surface area contributed by atoms with Crippen LogP contribution >= 0.6 is 0 Å². The zero-order valence-electron chi connectivity index (χ0n) is 14.2. The molecule has 124 valence electrons. The second kappa shape index (κ2) is 8.46. The van der Waals surface area contributed by atoms with E-state index in [0.717, 1.165) is 51.0 Å². The highest BCUT2D eigenvalue weighted by Gasteiger charge is 2.19. The van der Waals surface area contributed by atoms with Crippen molar-refractivity contribution in [2.45, 2.75) is 45.8 Å². The molecule has 0 unspecified atom stereocenters. The Balaban J connectivity index is 2.25. The van der Waals surface area contributed by atoms with E-state index in [1.165, 1.54) is 11.3 Å². The van der Waals surface area contributed by atoms with Crippen LogP contribution in [0.25, 0.3) is 0 Å². The molecule has 0 saturated heterocycles. The smallest absolute Gasteiger partial charge is 0.255 e. The first-order valence-electron chi connectivity index (χ1n) is 8.30. The molecule has 22 heavy (non-hydrogen) atoms. The second-order valence-corrected chi connectivity index (χ2v) is 6.11. The molecule has 1 aromatic rings. The Morgan fingerprint density at radius 2 is 2.23 bits per heavy atom. The Morgan fingerprint density at radius 1 is 1.41 bits per heavy atom. The van der Waals surface area contributed by atoms with Gasteiger partial charge in [-0.15, -0.1) is 0 Å². The zero-order valence-corrected chi connectivity index (χ0v) is 14.2. The van der Waals surface area contributed by atoms with Gasteiger partial charge in [-0.2, -0.15) is 0 Å². The van der Waals surface area contributed by atoms with Crippen molar-refractivity contribution < 1.29 is 4.74 Å². The third-order valence-electron chi connectivity index (χ3n) is 4.27. The quantitative estimate of drug-likeness (QED) is 0.737. The highest BCUT2D eigenvalue weighted by molar-refractivity contribution is 5.29. The Labute approximate surface area is 133 Å². The molecule has 0 spiro atoms. The lowest BCUT2D eigenvalue weighted by atomic mass is 10.0. The summed E-state index contributed by atoms with van der Waals surface area (Å²) in [4.78, 5) is 15.1. The largest absolute Gasteiger partial charge is 0.383 e. The monoisotopic (exact) mass is 307 g/mol. The van der Waals surface area contributed by atoms with Gasteiger partial charge in [0.05, 0.1) is 6.61 Å². The van der Waals surface area contributed by atoms with E-state index in [4.69, 9.17) is 4.74 Å². The van der Waals surface area contributed by atoms with Crippen molar-refractivity contribution in [1.82, 2.24) is 14.8 Å². The summed E-state index contributed by atoms with van der Waals surface area (Å²) >= 11 is 0. The number of hydrogen-bond acceptors (Lipinski definition) is 4. The minimum atomic E-state index is 0.182. The van der Waals surface area contributed by atoms with Crippen molar-refractivity contribution in [1.29, 1.82) is 0 Å². The molecule has 1 aliphatic heterocycles. The summed E-state index contributed by atoms with van der Waals surface area (Å²) in [7, 11) is 3.83. The minimum Gasteiger partial charge on any atom is -0.383 e. The van der Waals surface area contributed by atoms with Crippen molar-refractivity contribution >= 4 is 0 Å². The molecule has 0 bridgehead atoms. The predicted octanol–water partition coefficient (Wildman–Crippen LogP) is 1.37. The van der Waals surface area contributed by atoms with Gasteiger partial charge in [-0.05, 0) is 25.1 Å². The highest BCUT2D eigenvalue weighted by atomic mass is 16.5. The van der Waals surface area contributed by atoms with Crippen LogP contribution in [0.1, 0.15) is 36.6 Å². The third-order valence-corrected chi connectivity index (χ3v) is 4.27. The van der Waals surface area contributed by atoms with Gasteiger partial charge in [-0.3, -0.25) is 4.79 Å².